The molecule has 0 radical (unpaired) electrons. The third-order valence-corrected chi connectivity index (χ3v) is 9.90. The summed E-state index contributed by atoms with van der Waals surface area (Å²) in [5.41, 5.74) is 1.08. The van der Waals surface area contributed by atoms with Crippen molar-refractivity contribution in [1.82, 2.24) is 0 Å². The maximum Gasteiger partial charge on any atom is 0.311 e. The van der Waals surface area contributed by atoms with Crippen LogP contribution in [-0.4, -0.2) is 16.5 Å². The first-order valence-electron chi connectivity index (χ1n) is 10.8. The largest absolute Gasteiger partial charge is 0.311 e. The SMILES string of the molecule is CC(CS)C1CCC2C3CCC4=C([N+](=O)[O-])C(=O)CCC4(C)C3CCC12C. The first-order valence-corrected chi connectivity index (χ1v) is 11.4. The number of ketones is 1. The van der Waals surface area contributed by atoms with E-state index < -0.39 is 0 Å². The summed E-state index contributed by atoms with van der Waals surface area (Å²) in [7, 11) is 0. The molecule has 0 heterocycles. The molecule has 0 aromatic heterocycles. The molecule has 5 heteroatoms. The summed E-state index contributed by atoms with van der Waals surface area (Å²) in [5.74, 6) is 4.04. The maximum absolute atomic E-state index is 12.3. The summed E-state index contributed by atoms with van der Waals surface area (Å²) in [6.45, 7) is 7.11. The van der Waals surface area contributed by atoms with Gasteiger partial charge in [-0.2, -0.15) is 12.6 Å². The van der Waals surface area contributed by atoms with E-state index in [2.05, 4.69) is 33.4 Å². The first kappa shape index (κ1) is 19.5. The minimum Gasteiger partial charge on any atom is -0.287 e. The predicted octanol–water partition coefficient (Wildman–Crippen LogP) is 5.30. The van der Waals surface area contributed by atoms with E-state index in [9.17, 15) is 14.9 Å². The van der Waals surface area contributed by atoms with Crippen LogP contribution in [0.25, 0.3) is 0 Å². The lowest BCUT2D eigenvalue weighted by atomic mass is 9.46. The quantitative estimate of drug-likeness (QED) is 0.403. The Labute approximate surface area is 168 Å². The molecule has 0 aromatic rings. The fraction of sp³-hybridized carbons (Fsp3) is 0.864. The Kier molecular flexibility index (Phi) is 4.76. The highest BCUT2D eigenvalue weighted by molar-refractivity contribution is 7.80. The van der Waals surface area contributed by atoms with Crippen molar-refractivity contribution in [2.75, 3.05) is 5.75 Å². The van der Waals surface area contributed by atoms with Crippen LogP contribution >= 0.6 is 12.6 Å². The van der Waals surface area contributed by atoms with Gasteiger partial charge in [0.2, 0.25) is 5.78 Å². The van der Waals surface area contributed by atoms with E-state index in [1.54, 1.807) is 0 Å². The zero-order valence-electron chi connectivity index (χ0n) is 16.9. The molecule has 4 aliphatic rings. The standard InChI is InChI=1S/C22H33NO3S/c1-13(12-27)15-6-7-16-14-4-5-18-20(23(25)26)19(24)9-11-22(18,3)17(14)8-10-21(15,16)2/h13-17,27H,4-12H2,1-3H3. The molecule has 4 rings (SSSR count). The van der Waals surface area contributed by atoms with Crippen molar-refractivity contribution in [2.24, 2.45) is 40.4 Å². The number of nitrogens with zero attached hydrogens (tertiary/aromatic N) is 1. The van der Waals surface area contributed by atoms with Crippen LogP contribution in [-0.2, 0) is 4.79 Å². The van der Waals surface area contributed by atoms with Crippen LogP contribution in [0.15, 0.2) is 11.3 Å². The summed E-state index contributed by atoms with van der Waals surface area (Å²) in [6, 6.07) is 0. The molecule has 0 saturated heterocycles. The molecular weight excluding hydrogens is 358 g/mol. The van der Waals surface area contributed by atoms with Gasteiger partial charge in [0.25, 0.3) is 0 Å². The Morgan fingerprint density at radius 1 is 1.15 bits per heavy atom. The Hall–Kier alpha value is -0.840. The molecule has 0 aromatic carbocycles. The predicted molar refractivity (Wildman–Crippen MR) is 109 cm³/mol. The van der Waals surface area contributed by atoms with Gasteiger partial charge >= 0.3 is 5.70 Å². The van der Waals surface area contributed by atoms with Gasteiger partial charge in [-0.15, -0.1) is 0 Å². The highest BCUT2D eigenvalue weighted by Gasteiger charge is 2.61. The van der Waals surface area contributed by atoms with E-state index in [1.165, 1.54) is 19.3 Å². The lowest BCUT2D eigenvalue weighted by Crippen LogP contribution is -2.51. The van der Waals surface area contributed by atoms with Crippen molar-refractivity contribution in [1.29, 1.82) is 0 Å². The molecule has 3 fully saturated rings. The zero-order chi connectivity index (χ0) is 19.6. The van der Waals surface area contributed by atoms with Crippen LogP contribution < -0.4 is 0 Å². The number of carbonyl (C=O) groups excluding carboxylic acids is 1. The Bertz CT molecular complexity index is 704. The normalized spacial score (nSPS) is 45.1. The maximum atomic E-state index is 12.3. The molecule has 0 aliphatic heterocycles. The second-order valence-corrected chi connectivity index (χ2v) is 10.6. The average Bonchev–Trinajstić information content (AvgIpc) is 2.98. The van der Waals surface area contributed by atoms with Gasteiger partial charge in [0, 0.05) is 12.0 Å². The van der Waals surface area contributed by atoms with Crippen molar-refractivity contribution in [3.05, 3.63) is 21.4 Å². The monoisotopic (exact) mass is 391 g/mol. The summed E-state index contributed by atoms with van der Waals surface area (Å²) < 4.78 is 0. The number of fused-ring (bicyclic) bond motifs is 5. The average molecular weight is 392 g/mol. The van der Waals surface area contributed by atoms with Crippen molar-refractivity contribution in [3.8, 4) is 0 Å². The number of rotatable bonds is 3. The minimum atomic E-state index is -0.387. The Balaban J connectivity index is 1.69. The third kappa shape index (κ3) is 2.67. The van der Waals surface area contributed by atoms with Crippen LogP contribution in [0.1, 0.15) is 72.1 Å². The van der Waals surface area contributed by atoms with Crippen LogP contribution in [0.3, 0.4) is 0 Å². The van der Waals surface area contributed by atoms with Crippen molar-refractivity contribution in [3.63, 3.8) is 0 Å². The van der Waals surface area contributed by atoms with E-state index in [0.29, 0.717) is 29.6 Å². The highest BCUT2D eigenvalue weighted by Crippen LogP contribution is 2.67. The van der Waals surface area contributed by atoms with Crippen LogP contribution in [0, 0.1) is 50.5 Å². The number of nitro groups is 1. The number of hydrogen-bond donors (Lipinski definition) is 1. The number of carbonyl (C=O) groups is 1. The molecule has 150 valence electrons. The second-order valence-electron chi connectivity index (χ2n) is 10.2. The van der Waals surface area contributed by atoms with Crippen LogP contribution in [0.2, 0.25) is 0 Å². The van der Waals surface area contributed by atoms with Gasteiger partial charge in [-0.25, -0.2) is 0 Å². The molecule has 7 unspecified atom stereocenters. The summed E-state index contributed by atoms with van der Waals surface area (Å²) in [4.78, 5) is 23.5. The fourth-order valence-electron chi connectivity index (χ4n) is 8.00. The summed E-state index contributed by atoms with van der Waals surface area (Å²) in [5, 5.41) is 11.6. The van der Waals surface area contributed by atoms with Gasteiger partial charge in [0.05, 0.1) is 4.92 Å². The molecule has 4 aliphatic carbocycles. The van der Waals surface area contributed by atoms with E-state index >= 15 is 0 Å². The summed E-state index contributed by atoms with van der Waals surface area (Å²) >= 11 is 4.59. The number of allylic oxidation sites excluding steroid dienone is 1. The third-order valence-electron chi connectivity index (χ3n) is 9.32. The first-order chi connectivity index (χ1) is 12.7. The molecule has 0 bridgehead atoms. The van der Waals surface area contributed by atoms with Gasteiger partial charge in [-0.05, 0) is 91.1 Å². The molecule has 0 N–H and O–H groups in total. The van der Waals surface area contributed by atoms with E-state index in [4.69, 9.17) is 0 Å². The van der Waals surface area contributed by atoms with Crippen molar-refractivity contribution >= 4 is 18.4 Å². The van der Waals surface area contributed by atoms with Crippen molar-refractivity contribution < 1.29 is 9.72 Å². The minimum absolute atomic E-state index is 0.0523. The van der Waals surface area contributed by atoms with E-state index in [0.717, 1.165) is 48.8 Å². The Morgan fingerprint density at radius 3 is 2.56 bits per heavy atom. The number of hydrogen-bond acceptors (Lipinski definition) is 4. The molecule has 27 heavy (non-hydrogen) atoms. The second kappa shape index (κ2) is 6.60. The van der Waals surface area contributed by atoms with Gasteiger partial charge in [-0.1, -0.05) is 20.8 Å². The summed E-state index contributed by atoms with van der Waals surface area (Å²) in [6.07, 6.45) is 7.93. The zero-order valence-corrected chi connectivity index (χ0v) is 17.8. The molecule has 3 saturated carbocycles. The number of Topliss-reactive ketones (excluding diaryl/α,β-unsaturated/α-hetero) is 1. The molecule has 7 atom stereocenters. The molecule has 0 amide bonds. The Morgan fingerprint density at radius 2 is 1.89 bits per heavy atom. The topological polar surface area (TPSA) is 60.2 Å². The van der Waals surface area contributed by atoms with Crippen LogP contribution in [0.5, 0.6) is 0 Å². The molecule has 0 spiro atoms. The highest BCUT2D eigenvalue weighted by atomic mass is 32.1. The van der Waals surface area contributed by atoms with Gasteiger partial charge in [0.15, 0.2) is 0 Å². The van der Waals surface area contributed by atoms with E-state index in [-0.39, 0.29) is 21.8 Å². The van der Waals surface area contributed by atoms with Crippen molar-refractivity contribution in [2.45, 2.75) is 72.1 Å². The molecular formula is C22H33NO3S. The van der Waals surface area contributed by atoms with E-state index in [1.807, 2.05) is 0 Å². The smallest absolute Gasteiger partial charge is 0.287 e. The van der Waals surface area contributed by atoms with Gasteiger partial charge in [0.1, 0.15) is 0 Å². The fourth-order valence-corrected chi connectivity index (χ4v) is 8.26. The lowest BCUT2D eigenvalue weighted by molar-refractivity contribution is -0.422. The lowest BCUT2D eigenvalue weighted by Gasteiger charge is -2.58. The van der Waals surface area contributed by atoms with Gasteiger partial charge in [-0.3, -0.25) is 14.9 Å². The molecule has 4 nitrogen and oxygen atoms in total. The van der Waals surface area contributed by atoms with Crippen LogP contribution in [0.4, 0.5) is 0 Å². The van der Waals surface area contributed by atoms with Gasteiger partial charge < -0.3 is 0 Å². The number of thiol groups is 1.